The minimum atomic E-state index is 0.0933. The Morgan fingerprint density at radius 3 is 2.59 bits per heavy atom. The summed E-state index contributed by atoms with van der Waals surface area (Å²) in [6.07, 6.45) is 3.85. The van der Waals surface area contributed by atoms with E-state index < -0.39 is 0 Å². The summed E-state index contributed by atoms with van der Waals surface area (Å²) in [5.41, 5.74) is 3.32. The van der Waals surface area contributed by atoms with Gasteiger partial charge in [0.15, 0.2) is 5.82 Å². The number of anilines is 2. The van der Waals surface area contributed by atoms with E-state index in [1.165, 1.54) is 5.56 Å². The molecule has 0 aliphatic carbocycles. The lowest BCUT2D eigenvalue weighted by atomic mass is 9.93. The van der Waals surface area contributed by atoms with E-state index in [0.717, 1.165) is 67.4 Å². The molecule has 2 aromatic heterocycles. The van der Waals surface area contributed by atoms with Crippen LogP contribution in [0.1, 0.15) is 24.8 Å². The highest BCUT2D eigenvalue weighted by Crippen LogP contribution is 2.31. The Hall–Kier alpha value is -2.73. The van der Waals surface area contributed by atoms with Gasteiger partial charge < -0.3 is 9.80 Å². The molecular weight excluding hydrogens is 380 g/mol. The Morgan fingerprint density at radius 1 is 0.966 bits per heavy atom. The summed E-state index contributed by atoms with van der Waals surface area (Å²) in [5, 5.41) is 10.9. The van der Waals surface area contributed by atoms with E-state index in [0.29, 0.717) is 0 Å². The molecular formula is C23H24N4OS. The van der Waals surface area contributed by atoms with Gasteiger partial charge in [-0.3, -0.25) is 4.79 Å². The molecule has 5 rings (SSSR count). The minimum absolute atomic E-state index is 0.0933. The van der Waals surface area contributed by atoms with Gasteiger partial charge in [-0.2, -0.15) is 0 Å². The number of hydrogen-bond acceptors (Lipinski definition) is 5. The molecule has 0 N–H and O–H groups in total. The molecule has 0 atom stereocenters. The second-order valence-electron chi connectivity index (χ2n) is 7.74. The molecule has 29 heavy (non-hydrogen) atoms. The van der Waals surface area contributed by atoms with E-state index in [1.807, 2.05) is 34.5 Å². The lowest BCUT2D eigenvalue weighted by Crippen LogP contribution is -2.44. The van der Waals surface area contributed by atoms with Gasteiger partial charge in [-0.05, 0) is 60.9 Å². The maximum atomic E-state index is 13.2. The Bertz CT molecular complexity index is 978. The van der Waals surface area contributed by atoms with Crippen LogP contribution < -0.4 is 9.80 Å². The van der Waals surface area contributed by atoms with E-state index in [2.05, 4.69) is 39.4 Å². The van der Waals surface area contributed by atoms with Crippen LogP contribution in [0.5, 0.6) is 0 Å². The molecule has 1 aromatic carbocycles. The lowest BCUT2D eigenvalue weighted by Gasteiger charge is -2.36. The first-order valence-electron chi connectivity index (χ1n) is 10.3. The van der Waals surface area contributed by atoms with Gasteiger partial charge in [-0.25, -0.2) is 0 Å². The second kappa shape index (κ2) is 7.95. The summed E-state index contributed by atoms with van der Waals surface area (Å²) in [5.74, 6) is 1.28. The van der Waals surface area contributed by atoms with E-state index in [4.69, 9.17) is 0 Å². The molecule has 3 aromatic rings. The molecule has 2 aliphatic heterocycles. The Balaban J connectivity index is 1.23. The molecule has 0 spiro atoms. The number of aromatic nitrogens is 2. The van der Waals surface area contributed by atoms with Crippen LogP contribution >= 0.6 is 11.3 Å². The van der Waals surface area contributed by atoms with Crippen LogP contribution in [-0.2, 0) is 11.2 Å². The fourth-order valence-electron chi connectivity index (χ4n) is 4.39. The van der Waals surface area contributed by atoms with Gasteiger partial charge in [0, 0.05) is 31.2 Å². The molecule has 1 saturated heterocycles. The molecule has 4 heterocycles. The molecule has 6 heteroatoms. The van der Waals surface area contributed by atoms with Crippen molar-refractivity contribution < 1.29 is 4.79 Å². The number of aryl methyl sites for hydroxylation is 1. The van der Waals surface area contributed by atoms with Crippen molar-refractivity contribution >= 4 is 28.7 Å². The number of piperidine rings is 1. The Labute approximate surface area is 175 Å². The van der Waals surface area contributed by atoms with Gasteiger partial charge in [-0.1, -0.05) is 24.3 Å². The van der Waals surface area contributed by atoms with E-state index >= 15 is 0 Å². The van der Waals surface area contributed by atoms with Crippen molar-refractivity contribution in [2.24, 2.45) is 5.92 Å². The topological polar surface area (TPSA) is 49.3 Å². The summed E-state index contributed by atoms with van der Waals surface area (Å²) < 4.78 is 0. The van der Waals surface area contributed by atoms with Gasteiger partial charge >= 0.3 is 0 Å². The SMILES string of the molecule is O=C(C1CCN(c2ccc(-c3cccs3)nn2)CC1)N1CCCc2ccccc21. The number of hydrogen-bond donors (Lipinski definition) is 0. The molecule has 1 fully saturated rings. The highest BCUT2D eigenvalue weighted by atomic mass is 32.1. The van der Waals surface area contributed by atoms with Crippen molar-refractivity contribution in [1.29, 1.82) is 0 Å². The van der Waals surface area contributed by atoms with Crippen molar-refractivity contribution in [1.82, 2.24) is 10.2 Å². The first-order chi connectivity index (χ1) is 14.3. The van der Waals surface area contributed by atoms with Crippen LogP contribution in [0.3, 0.4) is 0 Å². The normalized spacial score (nSPS) is 17.2. The first kappa shape index (κ1) is 18.3. The van der Waals surface area contributed by atoms with Crippen LogP contribution in [0.2, 0.25) is 0 Å². The zero-order valence-corrected chi connectivity index (χ0v) is 17.1. The summed E-state index contributed by atoms with van der Waals surface area (Å²) in [7, 11) is 0. The highest BCUT2D eigenvalue weighted by molar-refractivity contribution is 7.13. The summed E-state index contributed by atoms with van der Waals surface area (Å²) in [6.45, 7) is 2.53. The molecule has 5 nitrogen and oxygen atoms in total. The quantitative estimate of drug-likeness (QED) is 0.649. The van der Waals surface area contributed by atoms with E-state index in [-0.39, 0.29) is 11.8 Å². The fraction of sp³-hybridized carbons (Fsp3) is 0.348. The molecule has 2 aliphatic rings. The average Bonchev–Trinajstić information content (AvgIpc) is 3.33. The number of amides is 1. The largest absolute Gasteiger partial charge is 0.355 e. The molecule has 0 saturated carbocycles. The highest BCUT2D eigenvalue weighted by Gasteiger charge is 2.31. The fourth-order valence-corrected chi connectivity index (χ4v) is 5.08. The third kappa shape index (κ3) is 3.65. The molecule has 0 unspecified atom stereocenters. The lowest BCUT2D eigenvalue weighted by molar-refractivity contribution is -0.123. The van der Waals surface area contributed by atoms with Gasteiger partial charge in [0.25, 0.3) is 0 Å². The van der Waals surface area contributed by atoms with Crippen molar-refractivity contribution in [3.05, 3.63) is 59.5 Å². The van der Waals surface area contributed by atoms with Crippen molar-refractivity contribution in [2.75, 3.05) is 29.4 Å². The minimum Gasteiger partial charge on any atom is -0.355 e. The summed E-state index contributed by atoms with van der Waals surface area (Å²) >= 11 is 1.67. The predicted molar refractivity (Wildman–Crippen MR) is 117 cm³/mol. The van der Waals surface area contributed by atoms with Crippen molar-refractivity contribution in [3.8, 4) is 10.6 Å². The zero-order chi connectivity index (χ0) is 19.6. The maximum Gasteiger partial charge on any atom is 0.230 e. The van der Waals surface area contributed by atoms with E-state index in [1.54, 1.807) is 11.3 Å². The van der Waals surface area contributed by atoms with Crippen LogP contribution in [-0.4, -0.2) is 35.7 Å². The summed E-state index contributed by atoms with van der Waals surface area (Å²) in [4.78, 5) is 18.6. The van der Waals surface area contributed by atoms with Crippen LogP contribution in [0, 0.1) is 5.92 Å². The second-order valence-corrected chi connectivity index (χ2v) is 8.69. The van der Waals surface area contributed by atoms with Crippen LogP contribution in [0.4, 0.5) is 11.5 Å². The number of para-hydroxylation sites is 1. The number of rotatable bonds is 3. The average molecular weight is 405 g/mol. The zero-order valence-electron chi connectivity index (χ0n) is 16.3. The smallest absolute Gasteiger partial charge is 0.230 e. The standard InChI is InChI=1S/C23H24N4OS/c28-23(27-13-3-6-17-5-1-2-7-20(17)27)18-11-14-26(15-12-18)22-10-9-19(24-25-22)21-8-4-16-29-21/h1-2,4-5,7-10,16,18H,3,6,11-15H2. The van der Waals surface area contributed by atoms with Gasteiger partial charge in [0.2, 0.25) is 5.91 Å². The number of nitrogens with zero attached hydrogens (tertiary/aromatic N) is 4. The van der Waals surface area contributed by atoms with E-state index in [9.17, 15) is 4.79 Å². The molecule has 148 valence electrons. The molecule has 1 amide bonds. The summed E-state index contributed by atoms with van der Waals surface area (Å²) in [6, 6.07) is 16.5. The van der Waals surface area contributed by atoms with Gasteiger partial charge in [0.05, 0.1) is 4.88 Å². The third-order valence-corrected chi connectivity index (χ3v) is 6.86. The van der Waals surface area contributed by atoms with Crippen LogP contribution in [0.25, 0.3) is 10.6 Å². The van der Waals surface area contributed by atoms with Gasteiger partial charge in [-0.15, -0.1) is 21.5 Å². The maximum absolute atomic E-state index is 13.2. The first-order valence-corrected chi connectivity index (χ1v) is 11.2. The van der Waals surface area contributed by atoms with Gasteiger partial charge in [0.1, 0.15) is 5.69 Å². The molecule has 0 bridgehead atoms. The number of thiophene rings is 1. The predicted octanol–water partition coefficient (Wildman–Crippen LogP) is 4.40. The van der Waals surface area contributed by atoms with Crippen molar-refractivity contribution in [2.45, 2.75) is 25.7 Å². The monoisotopic (exact) mass is 404 g/mol. The van der Waals surface area contributed by atoms with Crippen molar-refractivity contribution in [3.63, 3.8) is 0 Å². The third-order valence-electron chi connectivity index (χ3n) is 5.97. The Kier molecular flexibility index (Phi) is 5.02. The number of fused-ring (bicyclic) bond motifs is 1. The number of carbonyl (C=O) groups excluding carboxylic acids is 1. The molecule has 0 radical (unpaired) electrons. The number of carbonyl (C=O) groups is 1. The Morgan fingerprint density at radius 2 is 1.83 bits per heavy atom. The van der Waals surface area contributed by atoms with Crippen LogP contribution in [0.15, 0.2) is 53.9 Å². The number of benzene rings is 1.